The Kier molecular flexibility index (Phi) is 4.81. The van der Waals surface area contributed by atoms with Crippen molar-refractivity contribution in [2.45, 2.75) is 38.4 Å². The van der Waals surface area contributed by atoms with Crippen LogP contribution in [0.15, 0.2) is 0 Å². The normalized spacial score (nSPS) is 31.7. The summed E-state index contributed by atoms with van der Waals surface area (Å²) in [6.07, 6.45) is 1.08. The van der Waals surface area contributed by atoms with Gasteiger partial charge in [0.25, 0.3) is 0 Å². The van der Waals surface area contributed by atoms with Crippen LogP contribution >= 0.6 is 0 Å². The molecular formula is C10H22N2O2. The van der Waals surface area contributed by atoms with E-state index in [9.17, 15) is 5.11 Å². The molecule has 4 heteroatoms. The number of rotatable bonds is 4. The van der Waals surface area contributed by atoms with E-state index >= 15 is 0 Å². The maximum Gasteiger partial charge on any atom is 0.0599 e. The molecule has 0 amide bonds. The standard InChI is InChI=1S/C10H22N2O2/c1-3-8(2)12-5-9(6-13)11-4-10(12)7-14/h8-11,13-14H,3-7H2,1-2H3. The first kappa shape index (κ1) is 11.9. The lowest BCUT2D eigenvalue weighted by Gasteiger charge is -2.42. The Morgan fingerprint density at radius 3 is 2.64 bits per heavy atom. The van der Waals surface area contributed by atoms with E-state index in [1.807, 2.05) is 0 Å². The second-order valence-electron chi connectivity index (χ2n) is 4.08. The Bertz CT molecular complexity index is 166. The second kappa shape index (κ2) is 5.66. The second-order valence-corrected chi connectivity index (χ2v) is 4.08. The maximum atomic E-state index is 9.22. The van der Waals surface area contributed by atoms with Gasteiger partial charge in [-0.15, -0.1) is 0 Å². The van der Waals surface area contributed by atoms with Crippen molar-refractivity contribution in [1.29, 1.82) is 0 Å². The van der Waals surface area contributed by atoms with E-state index < -0.39 is 0 Å². The van der Waals surface area contributed by atoms with Gasteiger partial charge in [-0.05, 0) is 13.3 Å². The molecule has 4 nitrogen and oxygen atoms in total. The van der Waals surface area contributed by atoms with E-state index in [2.05, 4.69) is 24.1 Å². The Labute approximate surface area is 85.9 Å². The number of hydrogen-bond acceptors (Lipinski definition) is 4. The van der Waals surface area contributed by atoms with Crippen LogP contribution in [0, 0.1) is 0 Å². The Morgan fingerprint density at radius 1 is 1.43 bits per heavy atom. The van der Waals surface area contributed by atoms with E-state index in [1.165, 1.54) is 0 Å². The van der Waals surface area contributed by atoms with Crippen LogP contribution in [0.25, 0.3) is 0 Å². The summed E-state index contributed by atoms with van der Waals surface area (Å²) in [5, 5.41) is 21.5. The number of piperazine rings is 1. The molecule has 3 unspecified atom stereocenters. The predicted molar refractivity (Wildman–Crippen MR) is 56.2 cm³/mol. The monoisotopic (exact) mass is 202 g/mol. The van der Waals surface area contributed by atoms with E-state index in [0.29, 0.717) is 6.04 Å². The van der Waals surface area contributed by atoms with Gasteiger partial charge in [0.05, 0.1) is 13.2 Å². The molecule has 1 aliphatic heterocycles. The van der Waals surface area contributed by atoms with Gasteiger partial charge in [0.2, 0.25) is 0 Å². The molecule has 1 heterocycles. The van der Waals surface area contributed by atoms with Gasteiger partial charge in [0, 0.05) is 31.2 Å². The van der Waals surface area contributed by atoms with Gasteiger partial charge in [-0.3, -0.25) is 4.90 Å². The van der Waals surface area contributed by atoms with Gasteiger partial charge in [-0.25, -0.2) is 0 Å². The molecule has 0 saturated carbocycles. The third kappa shape index (κ3) is 2.67. The van der Waals surface area contributed by atoms with Crippen LogP contribution in [0.2, 0.25) is 0 Å². The molecule has 0 aromatic carbocycles. The molecule has 0 aliphatic carbocycles. The van der Waals surface area contributed by atoms with Crippen molar-refractivity contribution in [3.8, 4) is 0 Å². The van der Waals surface area contributed by atoms with Crippen molar-refractivity contribution in [2.24, 2.45) is 0 Å². The largest absolute Gasteiger partial charge is 0.395 e. The summed E-state index contributed by atoms with van der Waals surface area (Å²) < 4.78 is 0. The van der Waals surface area contributed by atoms with Crippen molar-refractivity contribution >= 4 is 0 Å². The number of nitrogens with one attached hydrogen (secondary N) is 1. The average molecular weight is 202 g/mol. The highest BCUT2D eigenvalue weighted by Crippen LogP contribution is 2.13. The molecule has 0 radical (unpaired) electrons. The van der Waals surface area contributed by atoms with Gasteiger partial charge in [0.1, 0.15) is 0 Å². The summed E-state index contributed by atoms with van der Waals surface area (Å²) in [7, 11) is 0. The lowest BCUT2D eigenvalue weighted by Crippen LogP contribution is -2.61. The van der Waals surface area contributed by atoms with E-state index in [1.54, 1.807) is 0 Å². The van der Waals surface area contributed by atoms with Crippen molar-refractivity contribution in [1.82, 2.24) is 10.2 Å². The Hall–Kier alpha value is -0.160. The molecule has 0 aromatic rings. The van der Waals surface area contributed by atoms with Gasteiger partial charge in [-0.2, -0.15) is 0 Å². The fourth-order valence-electron chi connectivity index (χ4n) is 1.95. The highest BCUT2D eigenvalue weighted by atomic mass is 16.3. The molecule has 1 aliphatic rings. The summed E-state index contributed by atoms with van der Waals surface area (Å²) in [5.41, 5.74) is 0. The molecule has 3 N–H and O–H groups in total. The molecule has 14 heavy (non-hydrogen) atoms. The molecule has 0 bridgehead atoms. The summed E-state index contributed by atoms with van der Waals surface area (Å²) in [6, 6.07) is 0.836. The van der Waals surface area contributed by atoms with Gasteiger partial charge in [-0.1, -0.05) is 6.92 Å². The van der Waals surface area contributed by atoms with Gasteiger partial charge >= 0.3 is 0 Å². The third-order valence-corrected chi connectivity index (χ3v) is 3.13. The minimum atomic E-state index is 0.159. The first-order valence-electron chi connectivity index (χ1n) is 5.43. The molecule has 0 spiro atoms. The van der Waals surface area contributed by atoms with Crippen LogP contribution in [-0.2, 0) is 0 Å². The lowest BCUT2D eigenvalue weighted by molar-refractivity contribution is 0.0367. The number of hydrogen-bond donors (Lipinski definition) is 3. The van der Waals surface area contributed by atoms with Crippen LogP contribution in [-0.4, -0.2) is 59.5 Å². The van der Waals surface area contributed by atoms with Crippen molar-refractivity contribution in [3.63, 3.8) is 0 Å². The summed E-state index contributed by atoms with van der Waals surface area (Å²) in [6.45, 7) is 6.28. The minimum Gasteiger partial charge on any atom is -0.395 e. The highest BCUT2D eigenvalue weighted by molar-refractivity contribution is 4.87. The van der Waals surface area contributed by atoms with Gasteiger partial charge in [0.15, 0.2) is 0 Å². The van der Waals surface area contributed by atoms with Crippen LogP contribution in [0.4, 0.5) is 0 Å². The van der Waals surface area contributed by atoms with Crippen LogP contribution in [0.5, 0.6) is 0 Å². The fraction of sp³-hybridized carbons (Fsp3) is 1.00. The summed E-state index contributed by atoms with van der Waals surface area (Å²) in [4.78, 5) is 2.29. The zero-order valence-electron chi connectivity index (χ0n) is 9.11. The van der Waals surface area contributed by atoms with Crippen molar-refractivity contribution < 1.29 is 10.2 Å². The quantitative estimate of drug-likeness (QED) is 0.570. The van der Waals surface area contributed by atoms with Crippen LogP contribution in [0.1, 0.15) is 20.3 Å². The van der Waals surface area contributed by atoms with E-state index in [-0.39, 0.29) is 25.3 Å². The maximum absolute atomic E-state index is 9.22. The first-order chi connectivity index (χ1) is 6.72. The predicted octanol–water partition coefficient (Wildman–Crippen LogP) is -0.588. The number of aliphatic hydroxyl groups excluding tert-OH is 2. The average Bonchev–Trinajstić information content (AvgIpc) is 2.27. The molecule has 3 atom stereocenters. The summed E-state index contributed by atoms with van der Waals surface area (Å²) in [5.74, 6) is 0. The molecular weight excluding hydrogens is 180 g/mol. The first-order valence-corrected chi connectivity index (χ1v) is 5.43. The number of aliphatic hydroxyl groups is 2. The smallest absolute Gasteiger partial charge is 0.0599 e. The van der Waals surface area contributed by atoms with E-state index in [0.717, 1.165) is 19.5 Å². The molecule has 84 valence electrons. The lowest BCUT2D eigenvalue weighted by atomic mass is 10.1. The zero-order valence-corrected chi connectivity index (χ0v) is 9.11. The Balaban J connectivity index is 2.55. The van der Waals surface area contributed by atoms with Crippen LogP contribution < -0.4 is 5.32 Å². The van der Waals surface area contributed by atoms with Crippen molar-refractivity contribution in [2.75, 3.05) is 26.3 Å². The SMILES string of the molecule is CCC(C)N1CC(CO)NCC1CO. The molecule has 0 aromatic heterocycles. The van der Waals surface area contributed by atoms with E-state index in [4.69, 9.17) is 5.11 Å². The fourth-order valence-corrected chi connectivity index (χ4v) is 1.95. The molecule has 1 saturated heterocycles. The third-order valence-electron chi connectivity index (χ3n) is 3.13. The minimum absolute atomic E-state index is 0.159. The molecule has 1 fully saturated rings. The Morgan fingerprint density at radius 2 is 2.14 bits per heavy atom. The topological polar surface area (TPSA) is 55.7 Å². The number of nitrogens with zero attached hydrogens (tertiary/aromatic N) is 1. The van der Waals surface area contributed by atoms with Gasteiger partial charge < -0.3 is 15.5 Å². The highest BCUT2D eigenvalue weighted by Gasteiger charge is 2.29. The van der Waals surface area contributed by atoms with Crippen molar-refractivity contribution in [3.05, 3.63) is 0 Å². The molecule has 1 rings (SSSR count). The summed E-state index contributed by atoms with van der Waals surface area (Å²) >= 11 is 0. The zero-order chi connectivity index (χ0) is 10.6. The van der Waals surface area contributed by atoms with Crippen LogP contribution in [0.3, 0.4) is 0 Å².